The Labute approximate surface area is 145 Å². The standard InChI is InChI=1S/C19H21FN2O3/c1-19(2,3)25-18(23)22-9-13-14(10-22)17(13)24-16-6-7-21-15-5-4-11(20)8-12(15)16/h4-8,13-14,17H,9-10H2,1-3H3. The lowest BCUT2D eigenvalue weighted by Gasteiger charge is -2.26. The number of nitrogens with zero attached hydrogens (tertiary/aromatic N) is 2. The lowest BCUT2D eigenvalue weighted by Crippen LogP contribution is -2.38. The van der Waals surface area contributed by atoms with E-state index in [0.29, 0.717) is 41.6 Å². The zero-order chi connectivity index (χ0) is 17.8. The minimum absolute atomic E-state index is 0.0626. The zero-order valence-electron chi connectivity index (χ0n) is 14.5. The highest BCUT2D eigenvalue weighted by atomic mass is 19.1. The smallest absolute Gasteiger partial charge is 0.410 e. The zero-order valence-corrected chi connectivity index (χ0v) is 14.5. The molecule has 1 amide bonds. The number of hydrogen-bond acceptors (Lipinski definition) is 4. The second-order valence-electron chi connectivity index (χ2n) is 7.77. The first kappa shape index (κ1) is 16.1. The van der Waals surface area contributed by atoms with Crippen molar-refractivity contribution in [3.05, 3.63) is 36.3 Å². The molecule has 6 heteroatoms. The summed E-state index contributed by atoms with van der Waals surface area (Å²) in [7, 11) is 0. The molecule has 25 heavy (non-hydrogen) atoms. The summed E-state index contributed by atoms with van der Waals surface area (Å²) in [6.45, 7) is 6.87. The largest absolute Gasteiger partial charge is 0.489 e. The van der Waals surface area contributed by atoms with E-state index < -0.39 is 5.60 Å². The van der Waals surface area contributed by atoms with Crippen LogP contribution in [0.25, 0.3) is 10.9 Å². The van der Waals surface area contributed by atoms with Gasteiger partial charge in [0.1, 0.15) is 23.3 Å². The predicted octanol–water partition coefficient (Wildman–Crippen LogP) is 3.62. The minimum atomic E-state index is -0.486. The van der Waals surface area contributed by atoms with Gasteiger partial charge in [-0.2, -0.15) is 0 Å². The number of amides is 1. The molecular formula is C19H21FN2O3. The van der Waals surface area contributed by atoms with E-state index in [0.717, 1.165) is 0 Å². The molecule has 1 saturated heterocycles. The second kappa shape index (κ2) is 5.58. The Morgan fingerprint density at radius 1 is 1.24 bits per heavy atom. The summed E-state index contributed by atoms with van der Waals surface area (Å²) < 4.78 is 25.0. The van der Waals surface area contributed by atoms with Gasteiger partial charge in [0.2, 0.25) is 0 Å². The normalized spacial score (nSPS) is 25.0. The van der Waals surface area contributed by atoms with Crippen LogP contribution in [-0.2, 0) is 4.74 Å². The molecule has 1 aromatic carbocycles. The summed E-state index contributed by atoms with van der Waals surface area (Å²) in [5, 5.41) is 0.677. The maximum absolute atomic E-state index is 13.5. The van der Waals surface area contributed by atoms with E-state index in [9.17, 15) is 9.18 Å². The number of carbonyl (C=O) groups excluding carboxylic acids is 1. The van der Waals surface area contributed by atoms with Crippen LogP contribution < -0.4 is 4.74 Å². The molecule has 0 spiro atoms. The summed E-state index contributed by atoms with van der Waals surface area (Å²) in [6.07, 6.45) is 1.46. The van der Waals surface area contributed by atoms with Crippen molar-refractivity contribution in [3.8, 4) is 5.75 Å². The van der Waals surface area contributed by atoms with Crippen molar-refractivity contribution in [1.29, 1.82) is 0 Å². The molecule has 0 radical (unpaired) electrons. The lowest BCUT2D eigenvalue weighted by atomic mass is 10.2. The molecular weight excluding hydrogens is 323 g/mol. The number of hydrogen-bond donors (Lipinski definition) is 0. The fraction of sp³-hybridized carbons (Fsp3) is 0.474. The molecule has 0 N–H and O–H groups in total. The van der Waals surface area contributed by atoms with Gasteiger partial charge in [0.15, 0.2) is 0 Å². The Morgan fingerprint density at radius 2 is 1.96 bits per heavy atom. The Morgan fingerprint density at radius 3 is 2.64 bits per heavy atom. The van der Waals surface area contributed by atoms with Crippen LogP contribution in [0.5, 0.6) is 5.75 Å². The van der Waals surface area contributed by atoms with E-state index in [2.05, 4.69) is 4.98 Å². The molecule has 5 nitrogen and oxygen atoms in total. The van der Waals surface area contributed by atoms with E-state index >= 15 is 0 Å². The molecule has 2 unspecified atom stereocenters. The monoisotopic (exact) mass is 344 g/mol. The van der Waals surface area contributed by atoms with Crippen molar-refractivity contribution in [2.75, 3.05) is 13.1 Å². The van der Waals surface area contributed by atoms with Gasteiger partial charge in [-0.1, -0.05) is 0 Å². The average Bonchev–Trinajstić information content (AvgIpc) is 2.97. The van der Waals surface area contributed by atoms with Crippen molar-refractivity contribution < 1.29 is 18.7 Å². The van der Waals surface area contributed by atoms with Crippen LogP contribution >= 0.6 is 0 Å². The van der Waals surface area contributed by atoms with Crippen molar-refractivity contribution >= 4 is 17.0 Å². The second-order valence-corrected chi connectivity index (χ2v) is 7.77. The highest BCUT2D eigenvalue weighted by molar-refractivity contribution is 5.84. The van der Waals surface area contributed by atoms with Gasteiger partial charge in [-0.3, -0.25) is 4.98 Å². The highest BCUT2D eigenvalue weighted by Gasteiger charge is 2.59. The molecule has 4 rings (SSSR count). The van der Waals surface area contributed by atoms with Gasteiger partial charge in [0.05, 0.1) is 5.52 Å². The van der Waals surface area contributed by atoms with Crippen molar-refractivity contribution in [3.63, 3.8) is 0 Å². The maximum Gasteiger partial charge on any atom is 0.410 e. The van der Waals surface area contributed by atoms with Gasteiger partial charge in [-0.05, 0) is 45.0 Å². The molecule has 1 saturated carbocycles. The number of benzene rings is 1. The molecule has 2 fully saturated rings. The SMILES string of the molecule is CC(C)(C)OC(=O)N1CC2C(C1)C2Oc1ccnc2ccc(F)cc12. The quantitative estimate of drug-likeness (QED) is 0.835. The fourth-order valence-electron chi connectivity index (χ4n) is 3.46. The Hall–Kier alpha value is -2.37. The molecule has 1 aliphatic heterocycles. The Bertz CT molecular complexity index is 821. The van der Waals surface area contributed by atoms with E-state index in [-0.39, 0.29) is 18.0 Å². The van der Waals surface area contributed by atoms with E-state index in [1.54, 1.807) is 23.2 Å². The Balaban J connectivity index is 1.42. The van der Waals surface area contributed by atoms with Crippen LogP contribution in [-0.4, -0.2) is 40.8 Å². The van der Waals surface area contributed by atoms with E-state index in [4.69, 9.17) is 9.47 Å². The molecule has 1 aromatic heterocycles. The first-order valence-electron chi connectivity index (χ1n) is 8.51. The van der Waals surface area contributed by atoms with Crippen LogP contribution in [0.15, 0.2) is 30.5 Å². The van der Waals surface area contributed by atoms with Crippen LogP contribution in [0.1, 0.15) is 20.8 Å². The molecule has 1 aliphatic carbocycles. The molecule has 0 bridgehead atoms. The number of aromatic nitrogens is 1. The summed E-state index contributed by atoms with van der Waals surface area (Å²) in [4.78, 5) is 18.1. The van der Waals surface area contributed by atoms with Gasteiger partial charge < -0.3 is 14.4 Å². The topological polar surface area (TPSA) is 51.7 Å². The van der Waals surface area contributed by atoms with Crippen molar-refractivity contribution in [2.45, 2.75) is 32.5 Å². The number of rotatable bonds is 2. The number of fused-ring (bicyclic) bond motifs is 2. The lowest BCUT2D eigenvalue weighted by molar-refractivity contribution is 0.0253. The summed E-state index contributed by atoms with van der Waals surface area (Å²) in [5.74, 6) is 0.957. The van der Waals surface area contributed by atoms with Crippen LogP contribution in [0.3, 0.4) is 0 Å². The maximum atomic E-state index is 13.5. The molecule has 2 atom stereocenters. The number of likely N-dealkylation sites (tertiary alicyclic amines) is 1. The highest BCUT2D eigenvalue weighted by Crippen LogP contribution is 2.48. The van der Waals surface area contributed by atoms with Crippen LogP contribution in [0, 0.1) is 17.7 Å². The number of carbonyl (C=O) groups is 1. The number of halogens is 1. The minimum Gasteiger partial charge on any atom is -0.489 e. The van der Waals surface area contributed by atoms with Gasteiger partial charge in [-0.25, -0.2) is 9.18 Å². The van der Waals surface area contributed by atoms with Gasteiger partial charge in [0, 0.05) is 36.5 Å². The number of piperidine rings is 1. The fourth-order valence-corrected chi connectivity index (χ4v) is 3.46. The molecule has 2 heterocycles. The number of ether oxygens (including phenoxy) is 2. The van der Waals surface area contributed by atoms with Crippen LogP contribution in [0.2, 0.25) is 0 Å². The van der Waals surface area contributed by atoms with E-state index in [1.807, 2.05) is 20.8 Å². The summed E-state index contributed by atoms with van der Waals surface area (Å²) >= 11 is 0. The third kappa shape index (κ3) is 3.13. The van der Waals surface area contributed by atoms with Gasteiger partial charge >= 0.3 is 6.09 Å². The first-order chi connectivity index (χ1) is 11.8. The number of pyridine rings is 1. The van der Waals surface area contributed by atoms with Gasteiger partial charge in [0.25, 0.3) is 0 Å². The van der Waals surface area contributed by atoms with Crippen molar-refractivity contribution in [1.82, 2.24) is 9.88 Å². The first-order valence-corrected chi connectivity index (χ1v) is 8.51. The van der Waals surface area contributed by atoms with Crippen LogP contribution in [0.4, 0.5) is 9.18 Å². The summed E-state index contributed by atoms with van der Waals surface area (Å²) in [6, 6.07) is 6.25. The summed E-state index contributed by atoms with van der Waals surface area (Å²) in [5.41, 5.74) is 0.222. The van der Waals surface area contributed by atoms with E-state index in [1.165, 1.54) is 12.1 Å². The predicted molar refractivity (Wildman–Crippen MR) is 90.9 cm³/mol. The molecule has 2 aromatic rings. The van der Waals surface area contributed by atoms with Gasteiger partial charge in [-0.15, -0.1) is 0 Å². The Kier molecular flexibility index (Phi) is 3.60. The average molecular weight is 344 g/mol. The third-order valence-electron chi connectivity index (χ3n) is 4.69. The third-order valence-corrected chi connectivity index (χ3v) is 4.69. The molecule has 132 valence electrons. The van der Waals surface area contributed by atoms with Crippen molar-refractivity contribution in [2.24, 2.45) is 11.8 Å². The molecule has 2 aliphatic rings.